The highest BCUT2D eigenvalue weighted by atomic mass is 16.5. The number of carbonyl (C=O) groups is 2. The molecule has 0 atom stereocenters. The van der Waals surface area contributed by atoms with Crippen LogP contribution in [0.25, 0.3) is 5.57 Å². The number of rotatable bonds is 6. The number of carbonyl (C=O) groups excluding carboxylic acids is 2. The standard InChI is InChI=1S/C24H26N2O4/c1-7-30-24(28)19-11-21(26-16(19)5)23(20-10-17(12-27)15(4)25-20)22-13(2)8-18(29-6)9-14(22)3/h8-12,26H,7H2,1-6H3/b23-20+. The van der Waals surface area contributed by atoms with Crippen LogP contribution in [0.3, 0.4) is 0 Å². The molecule has 0 saturated heterocycles. The van der Waals surface area contributed by atoms with E-state index in [2.05, 4.69) is 9.98 Å². The summed E-state index contributed by atoms with van der Waals surface area (Å²) in [6.07, 6.45) is 2.59. The largest absolute Gasteiger partial charge is 0.497 e. The van der Waals surface area contributed by atoms with Crippen molar-refractivity contribution in [3.05, 3.63) is 69.2 Å². The van der Waals surface area contributed by atoms with Crippen molar-refractivity contribution in [2.24, 2.45) is 4.99 Å². The number of hydrogen-bond acceptors (Lipinski definition) is 5. The van der Waals surface area contributed by atoms with Crippen molar-refractivity contribution < 1.29 is 19.1 Å². The Morgan fingerprint density at radius 1 is 1.13 bits per heavy atom. The van der Waals surface area contributed by atoms with Crippen LogP contribution in [-0.4, -0.2) is 36.7 Å². The molecule has 1 aromatic heterocycles. The van der Waals surface area contributed by atoms with Gasteiger partial charge in [0.2, 0.25) is 0 Å². The molecule has 2 aromatic rings. The average molecular weight is 406 g/mol. The first-order chi connectivity index (χ1) is 14.3. The first-order valence-corrected chi connectivity index (χ1v) is 9.80. The van der Waals surface area contributed by atoms with Gasteiger partial charge >= 0.3 is 5.97 Å². The van der Waals surface area contributed by atoms with Gasteiger partial charge in [-0.15, -0.1) is 0 Å². The Hall–Kier alpha value is -3.41. The van der Waals surface area contributed by atoms with Crippen LogP contribution in [0.2, 0.25) is 0 Å². The third-order valence-corrected chi connectivity index (χ3v) is 5.15. The van der Waals surface area contributed by atoms with Gasteiger partial charge in [-0.1, -0.05) is 0 Å². The highest BCUT2D eigenvalue weighted by Gasteiger charge is 2.24. The molecule has 1 N–H and O–H groups in total. The van der Waals surface area contributed by atoms with E-state index in [0.29, 0.717) is 34.8 Å². The Kier molecular flexibility index (Phi) is 6.06. The monoisotopic (exact) mass is 406 g/mol. The normalized spacial score (nSPS) is 14.9. The molecule has 0 bridgehead atoms. The highest BCUT2D eigenvalue weighted by Crippen LogP contribution is 2.37. The highest BCUT2D eigenvalue weighted by molar-refractivity contribution is 6.17. The van der Waals surface area contributed by atoms with Crippen molar-refractivity contribution in [2.45, 2.75) is 34.6 Å². The number of H-pyrrole nitrogens is 1. The first kappa shape index (κ1) is 21.3. The summed E-state index contributed by atoms with van der Waals surface area (Å²) in [5.41, 5.74) is 7.60. The summed E-state index contributed by atoms with van der Waals surface area (Å²) in [4.78, 5) is 31.8. The summed E-state index contributed by atoms with van der Waals surface area (Å²) < 4.78 is 10.6. The van der Waals surface area contributed by atoms with E-state index in [1.165, 1.54) is 0 Å². The molecule has 3 rings (SSSR count). The molecule has 1 aliphatic heterocycles. The molecule has 6 nitrogen and oxygen atoms in total. The minimum absolute atomic E-state index is 0.304. The zero-order chi connectivity index (χ0) is 22.0. The number of ether oxygens (including phenoxy) is 2. The van der Waals surface area contributed by atoms with E-state index in [9.17, 15) is 9.59 Å². The van der Waals surface area contributed by atoms with Gasteiger partial charge in [-0.05, 0) is 75.6 Å². The first-order valence-electron chi connectivity index (χ1n) is 9.80. The van der Waals surface area contributed by atoms with Gasteiger partial charge in [-0.25, -0.2) is 4.79 Å². The molecule has 0 spiro atoms. The van der Waals surface area contributed by atoms with E-state index >= 15 is 0 Å². The lowest BCUT2D eigenvalue weighted by molar-refractivity contribution is -0.104. The zero-order valence-corrected chi connectivity index (χ0v) is 18.2. The predicted molar refractivity (Wildman–Crippen MR) is 117 cm³/mol. The minimum atomic E-state index is -0.375. The number of aryl methyl sites for hydroxylation is 3. The second-order valence-electron chi connectivity index (χ2n) is 7.25. The fourth-order valence-electron chi connectivity index (χ4n) is 3.73. The molecule has 30 heavy (non-hydrogen) atoms. The number of aromatic nitrogens is 1. The van der Waals surface area contributed by atoms with E-state index in [1.54, 1.807) is 26.2 Å². The van der Waals surface area contributed by atoms with Crippen LogP contribution in [-0.2, 0) is 9.53 Å². The van der Waals surface area contributed by atoms with Crippen LogP contribution >= 0.6 is 0 Å². The maximum Gasteiger partial charge on any atom is 0.339 e. The van der Waals surface area contributed by atoms with E-state index in [4.69, 9.17) is 9.47 Å². The Morgan fingerprint density at radius 3 is 2.33 bits per heavy atom. The number of aliphatic imine (C=N–C) groups is 1. The van der Waals surface area contributed by atoms with Crippen LogP contribution in [0.4, 0.5) is 0 Å². The van der Waals surface area contributed by atoms with Crippen molar-refractivity contribution in [3.8, 4) is 5.75 Å². The van der Waals surface area contributed by atoms with Crippen molar-refractivity contribution in [2.75, 3.05) is 13.7 Å². The number of allylic oxidation sites excluding steroid dienone is 2. The van der Waals surface area contributed by atoms with Crippen LogP contribution in [0.15, 0.2) is 40.5 Å². The lowest BCUT2D eigenvalue weighted by Gasteiger charge is -2.16. The van der Waals surface area contributed by atoms with Crippen molar-refractivity contribution in [1.29, 1.82) is 0 Å². The van der Waals surface area contributed by atoms with Gasteiger partial charge in [-0.2, -0.15) is 0 Å². The molecule has 0 radical (unpaired) electrons. The van der Waals surface area contributed by atoms with E-state index < -0.39 is 0 Å². The van der Waals surface area contributed by atoms with Crippen molar-refractivity contribution in [1.82, 2.24) is 4.98 Å². The van der Waals surface area contributed by atoms with Gasteiger partial charge < -0.3 is 14.5 Å². The van der Waals surface area contributed by atoms with E-state index in [0.717, 1.165) is 40.0 Å². The summed E-state index contributed by atoms with van der Waals surface area (Å²) in [6.45, 7) is 9.73. The van der Waals surface area contributed by atoms with Gasteiger partial charge in [0.1, 0.15) is 5.75 Å². The second-order valence-corrected chi connectivity index (χ2v) is 7.25. The number of methoxy groups -OCH3 is 1. The molecule has 6 heteroatoms. The molecule has 0 saturated carbocycles. The summed E-state index contributed by atoms with van der Waals surface area (Å²) in [5.74, 6) is 0.392. The smallest absolute Gasteiger partial charge is 0.339 e. The Labute approximate surface area is 176 Å². The minimum Gasteiger partial charge on any atom is -0.497 e. The third kappa shape index (κ3) is 3.85. The molecule has 0 amide bonds. The van der Waals surface area contributed by atoms with Gasteiger partial charge in [-0.3, -0.25) is 9.79 Å². The summed E-state index contributed by atoms with van der Waals surface area (Å²) in [6, 6.07) is 5.71. The number of nitrogens with one attached hydrogen (secondary N) is 1. The fraction of sp³-hybridized carbons (Fsp3) is 0.292. The van der Waals surface area contributed by atoms with Crippen molar-refractivity contribution >= 4 is 23.5 Å². The van der Waals surface area contributed by atoms with Gasteiger partial charge in [0.25, 0.3) is 0 Å². The topological polar surface area (TPSA) is 80.8 Å². The Morgan fingerprint density at radius 2 is 1.80 bits per heavy atom. The van der Waals surface area contributed by atoms with Crippen LogP contribution < -0.4 is 4.74 Å². The molecular weight excluding hydrogens is 380 g/mol. The maximum atomic E-state index is 12.4. The molecule has 2 heterocycles. The van der Waals surface area contributed by atoms with Gasteiger partial charge in [0.15, 0.2) is 6.29 Å². The lowest BCUT2D eigenvalue weighted by Crippen LogP contribution is -2.04. The summed E-state index contributed by atoms with van der Waals surface area (Å²) >= 11 is 0. The number of hydrogen-bond donors (Lipinski definition) is 1. The zero-order valence-electron chi connectivity index (χ0n) is 18.2. The molecule has 1 aliphatic rings. The van der Waals surface area contributed by atoms with E-state index in [-0.39, 0.29) is 5.97 Å². The number of nitrogens with zero attached hydrogens (tertiary/aromatic N) is 1. The van der Waals surface area contributed by atoms with Crippen molar-refractivity contribution in [3.63, 3.8) is 0 Å². The van der Waals surface area contributed by atoms with Crippen LogP contribution in [0, 0.1) is 20.8 Å². The quantitative estimate of drug-likeness (QED) is 0.566. The van der Waals surface area contributed by atoms with Gasteiger partial charge in [0, 0.05) is 28.2 Å². The third-order valence-electron chi connectivity index (χ3n) is 5.15. The average Bonchev–Trinajstić information content (AvgIpc) is 3.26. The summed E-state index contributed by atoms with van der Waals surface area (Å²) in [5, 5.41) is 0. The predicted octanol–water partition coefficient (Wildman–Crippen LogP) is 4.48. The number of benzene rings is 1. The van der Waals surface area contributed by atoms with Crippen LogP contribution in [0.1, 0.15) is 52.3 Å². The lowest BCUT2D eigenvalue weighted by atomic mass is 9.91. The number of esters is 1. The molecule has 1 aromatic carbocycles. The summed E-state index contributed by atoms with van der Waals surface area (Å²) in [7, 11) is 1.64. The molecule has 0 unspecified atom stereocenters. The molecule has 0 fully saturated rings. The molecule has 156 valence electrons. The number of aromatic amines is 1. The fourth-order valence-corrected chi connectivity index (χ4v) is 3.73. The number of aldehydes is 1. The van der Waals surface area contributed by atoms with Gasteiger partial charge in [0.05, 0.1) is 25.0 Å². The maximum absolute atomic E-state index is 12.4. The van der Waals surface area contributed by atoms with E-state index in [1.807, 2.05) is 39.8 Å². The SMILES string of the molecule is CCOC(=O)c1cc(/C(=C2/C=C(C=O)C(C)=N2)c2c(C)cc(OC)cc2C)[nH]c1C. The van der Waals surface area contributed by atoms with Crippen LogP contribution in [0.5, 0.6) is 5.75 Å². The molecule has 0 aliphatic carbocycles. The Bertz CT molecular complexity index is 1090. The Balaban J connectivity index is 2.30. The molecular formula is C24H26N2O4. The second kappa shape index (κ2) is 8.53.